The lowest BCUT2D eigenvalue weighted by atomic mass is 10.1. The average Bonchev–Trinajstić information content (AvgIpc) is 2.85. The molecule has 122 valence electrons. The van der Waals surface area contributed by atoms with E-state index in [-0.39, 0.29) is 11.3 Å². The number of halogens is 1. The minimum Gasteiger partial charge on any atom is -0.343 e. The van der Waals surface area contributed by atoms with Crippen LogP contribution in [0.25, 0.3) is 0 Å². The van der Waals surface area contributed by atoms with Gasteiger partial charge in [0.1, 0.15) is 0 Å². The highest BCUT2D eigenvalue weighted by Crippen LogP contribution is 2.24. The van der Waals surface area contributed by atoms with E-state index < -0.39 is 0 Å². The number of aromatic amines is 1. The van der Waals surface area contributed by atoms with E-state index in [9.17, 15) is 9.59 Å². The van der Waals surface area contributed by atoms with Crippen LogP contribution in [0.5, 0.6) is 0 Å². The van der Waals surface area contributed by atoms with Crippen molar-refractivity contribution in [2.24, 2.45) is 7.05 Å². The lowest BCUT2D eigenvalue weighted by Gasteiger charge is -2.07. The van der Waals surface area contributed by atoms with E-state index in [1.807, 2.05) is 31.2 Å². The predicted molar refractivity (Wildman–Crippen MR) is 92.7 cm³/mol. The molecule has 24 heavy (non-hydrogen) atoms. The molecular weight excluding hydrogens is 326 g/mol. The van der Waals surface area contributed by atoms with Crippen molar-refractivity contribution >= 4 is 17.4 Å². The topological polar surface area (TPSA) is 67.8 Å². The highest BCUT2D eigenvalue weighted by molar-refractivity contribution is 6.32. The van der Waals surface area contributed by atoms with Crippen molar-refractivity contribution in [3.63, 3.8) is 0 Å². The number of aryl methyl sites for hydroxylation is 1. The van der Waals surface area contributed by atoms with Gasteiger partial charge in [-0.25, -0.2) is 5.10 Å². The molecule has 2 aromatic heterocycles. The van der Waals surface area contributed by atoms with E-state index >= 15 is 0 Å². The van der Waals surface area contributed by atoms with Gasteiger partial charge < -0.3 is 4.57 Å². The Morgan fingerprint density at radius 3 is 2.54 bits per heavy atom. The van der Waals surface area contributed by atoms with E-state index in [0.717, 1.165) is 11.3 Å². The standard InChI is InChI=1S/C18H16ClN3O2/c1-11-3-5-12(6-4-11)18(24)16-10-14(19)15(22(16)2)9-13-7-8-17(23)21-20-13/h3-8,10H,9H2,1-2H3,(H,21,23). The highest BCUT2D eigenvalue weighted by atomic mass is 35.5. The Morgan fingerprint density at radius 2 is 1.92 bits per heavy atom. The highest BCUT2D eigenvalue weighted by Gasteiger charge is 2.18. The lowest BCUT2D eigenvalue weighted by Crippen LogP contribution is -2.11. The molecule has 0 atom stereocenters. The van der Waals surface area contributed by atoms with E-state index in [4.69, 9.17) is 11.6 Å². The van der Waals surface area contributed by atoms with Crippen molar-refractivity contribution in [3.05, 3.63) is 86.0 Å². The average molecular weight is 342 g/mol. The number of benzene rings is 1. The normalized spacial score (nSPS) is 10.8. The number of hydrogen-bond donors (Lipinski definition) is 1. The fourth-order valence-corrected chi connectivity index (χ4v) is 2.82. The fourth-order valence-electron chi connectivity index (χ4n) is 2.52. The van der Waals surface area contributed by atoms with Crippen LogP contribution in [0.15, 0.2) is 47.3 Å². The van der Waals surface area contributed by atoms with Crippen molar-refractivity contribution < 1.29 is 4.79 Å². The maximum absolute atomic E-state index is 12.7. The third kappa shape index (κ3) is 3.16. The van der Waals surface area contributed by atoms with Gasteiger partial charge in [0.2, 0.25) is 5.78 Å². The smallest absolute Gasteiger partial charge is 0.264 e. The second-order valence-electron chi connectivity index (χ2n) is 5.67. The molecule has 0 radical (unpaired) electrons. The van der Waals surface area contributed by atoms with Crippen LogP contribution in [-0.2, 0) is 13.5 Å². The predicted octanol–water partition coefficient (Wildman–Crippen LogP) is 2.89. The second-order valence-corrected chi connectivity index (χ2v) is 6.07. The monoisotopic (exact) mass is 341 g/mol. The first-order valence-corrected chi connectivity index (χ1v) is 7.83. The van der Waals surface area contributed by atoms with E-state index in [1.165, 1.54) is 6.07 Å². The number of ketones is 1. The Labute approximate surface area is 143 Å². The van der Waals surface area contributed by atoms with Gasteiger partial charge in [0, 0.05) is 30.8 Å². The van der Waals surface area contributed by atoms with Gasteiger partial charge in [0.15, 0.2) is 0 Å². The van der Waals surface area contributed by atoms with Crippen LogP contribution >= 0.6 is 11.6 Å². The fraction of sp³-hybridized carbons (Fsp3) is 0.167. The number of hydrogen-bond acceptors (Lipinski definition) is 3. The third-order valence-electron chi connectivity index (χ3n) is 3.94. The Balaban J connectivity index is 1.94. The number of H-pyrrole nitrogens is 1. The molecule has 6 heteroatoms. The summed E-state index contributed by atoms with van der Waals surface area (Å²) in [7, 11) is 1.80. The maximum Gasteiger partial charge on any atom is 0.264 e. The lowest BCUT2D eigenvalue weighted by molar-refractivity contribution is 0.103. The molecule has 0 aliphatic heterocycles. The molecule has 5 nitrogen and oxygen atoms in total. The summed E-state index contributed by atoms with van der Waals surface area (Å²) in [6, 6.07) is 12.2. The Morgan fingerprint density at radius 1 is 1.21 bits per heavy atom. The summed E-state index contributed by atoms with van der Waals surface area (Å²) >= 11 is 6.32. The summed E-state index contributed by atoms with van der Waals surface area (Å²) in [5.74, 6) is -0.0833. The van der Waals surface area contributed by atoms with Gasteiger partial charge in [-0.3, -0.25) is 9.59 Å². The van der Waals surface area contributed by atoms with E-state index in [2.05, 4.69) is 10.2 Å². The van der Waals surface area contributed by atoms with Gasteiger partial charge in [-0.15, -0.1) is 0 Å². The number of carbonyl (C=O) groups excluding carboxylic acids is 1. The van der Waals surface area contributed by atoms with E-state index in [1.54, 1.807) is 23.7 Å². The van der Waals surface area contributed by atoms with Crippen molar-refractivity contribution in [2.75, 3.05) is 0 Å². The Hall–Kier alpha value is -2.66. The van der Waals surface area contributed by atoms with Crippen LogP contribution < -0.4 is 5.56 Å². The van der Waals surface area contributed by atoms with E-state index in [0.29, 0.717) is 28.4 Å². The van der Waals surface area contributed by atoms with Crippen molar-refractivity contribution in [2.45, 2.75) is 13.3 Å². The van der Waals surface area contributed by atoms with Gasteiger partial charge in [-0.05, 0) is 19.1 Å². The number of aromatic nitrogens is 3. The summed E-state index contributed by atoms with van der Waals surface area (Å²) in [6.07, 6.45) is 0.424. The molecule has 1 aromatic carbocycles. The van der Waals surface area contributed by atoms with Crippen LogP contribution in [0.1, 0.15) is 33.0 Å². The molecule has 3 rings (SSSR count). The van der Waals surface area contributed by atoms with Crippen LogP contribution in [-0.4, -0.2) is 20.5 Å². The zero-order valence-electron chi connectivity index (χ0n) is 13.3. The first-order chi connectivity index (χ1) is 11.5. The summed E-state index contributed by atoms with van der Waals surface area (Å²) in [6.45, 7) is 1.98. The minimum absolute atomic E-state index is 0.0833. The summed E-state index contributed by atoms with van der Waals surface area (Å²) in [4.78, 5) is 23.8. The molecule has 0 fully saturated rings. The quantitative estimate of drug-likeness (QED) is 0.742. The molecule has 1 N–H and O–H groups in total. The van der Waals surface area contributed by atoms with Crippen LogP contribution in [0.2, 0.25) is 5.02 Å². The van der Waals surface area contributed by atoms with Crippen molar-refractivity contribution in [1.82, 2.24) is 14.8 Å². The molecule has 0 amide bonds. The molecular formula is C18H16ClN3O2. The molecule has 0 bridgehead atoms. The second kappa shape index (κ2) is 6.45. The summed E-state index contributed by atoms with van der Waals surface area (Å²) < 4.78 is 1.78. The number of nitrogens with zero attached hydrogens (tertiary/aromatic N) is 2. The number of rotatable bonds is 4. The minimum atomic E-state index is -0.257. The third-order valence-corrected chi connectivity index (χ3v) is 4.26. The van der Waals surface area contributed by atoms with Crippen molar-refractivity contribution in [3.8, 4) is 0 Å². The molecule has 2 heterocycles. The Kier molecular flexibility index (Phi) is 4.36. The first-order valence-electron chi connectivity index (χ1n) is 7.46. The molecule has 3 aromatic rings. The summed E-state index contributed by atoms with van der Waals surface area (Å²) in [5.41, 5.74) is 3.42. The zero-order chi connectivity index (χ0) is 17.3. The maximum atomic E-state index is 12.7. The summed E-state index contributed by atoms with van der Waals surface area (Å²) in [5, 5.41) is 6.88. The number of carbonyl (C=O) groups is 1. The van der Waals surface area contributed by atoms with Gasteiger partial charge in [0.05, 0.1) is 16.4 Å². The molecule has 0 unspecified atom stereocenters. The SMILES string of the molecule is Cc1ccc(C(=O)c2cc(Cl)c(Cc3ccc(=O)[nH]n3)n2C)cc1. The molecule has 0 saturated carbocycles. The van der Waals surface area contributed by atoms with Crippen molar-refractivity contribution in [1.29, 1.82) is 0 Å². The molecule has 0 saturated heterocycles. The van der Waals surface area contributed by atoms with Gasteiger partial charge in [-0.1, -0.05) is 41.4 Å². The molecule has 0 aliphatic carbocycles. The first kappa shape index (κ1) is 16.2. The van der Waals surface area contributed by atoms with Gasteiger partial charge >= 0.3 is 0 Å². The largest absolute Gasteiger partial charge is 0.343 e. The van der Waals surface area contributed by atoms with Crippen LogP contribution in [0.3, 0.4) is 0 Å². The Bertz CT molecular complexity index is 935. The van der Waals surface area contributed by atoms with Gasteiger partial charge in [0.25, 0.3) is 5.56 Å². The molecule has 0 aliphatic rings. The van der Waals surface area contributed by atoms with Gasteiger partial charge in [-0.2, -0.15) is 5.10 Å². The molecule has 0 spiro atoms. The number of nitrogens with one attached hydrogen (secondary N) is 1. The zero-order valence-corrected chi connectivity index (χ0v) is 14.1. The van der Waals surface area contributed by atoms with Crippen LogP contribution in [0, 0.1) is 6.92 Å². The van der Waals surface area contributed by atoms with Crippen LogP contribution in [0.4, 0.5) is 0 Å².